The van der Waals surface area contributed by atoms with E-state index in [9.17, 15) is 9.59 Å². The van der Waals surface area contributed by atoms with Crippen molar-refractivity contribution in [3.63, 3.8) is 0 Å². The van der Waals surface area contributed by atoms with Gasteiger partial charge in [0.2, 0.25) is 0 Å². The number of nitrogens with zero attached hydrogens (tertiary/aromatic N) is 1. The maximum Gasteiger partial charge on any atom is 0.283 e. The third kappa shape index (κ3) is 4.96. The predicted molar refractivity (Wildman–Crippen MR) is 134 cm³/mol. The monoisotopic (exact) mass is 458 g/mol. The van der Waals surface area contributed by atoms with Gasteiger partial charge >= 0.3 is 0 Å². The van der Waals surface area contributed by atoms with E-state index in [2.05, 4.69) is 11.4 Å². The first-order chi connectivity index (χ1) is 15.9. The van der Waals surface area contributed by atoms with Crippen molar-refractivity contribution in [2.75, 3.05) is 16.8 Å². The molecule has 0 aromatic heterocycles. The quantitative estimate of drug-likeness (QED) is 0.440. The highest BCUT2D eigenvalue weighted by atomic mass is 32.2. The molecule has 5 nitrogen and oxygen atoms in total. The van der Waals surface area contributed by atoms with E-state index in [1.807, 2.05) is 64.1 Å². The van der Waals surface area contributed by atoms with Crippen molar-refractivity contribution in [3.05, 3.63) is 94.0 Å². The number of benzene rings is 3. The van der Waals surface area contributed by atoms with Crippen LogP contribution < -0.4 is 15.0 Å². The van der Waals surface area contributed by atoms with Gasteiger partial charge in [-0.05, 0) is 87.4 Å². The maximum atomic E-state index is 13.5. The molecule has 6 heteroatoms. The second kappa shape index (κ2) is 9.55. The Morgan fingerprint density at radius 2 is 1.45 bits per heavy atom. The molecule has 0 spiro atoms. The number of anilines is 2. The van der Waals surface area contributed by atoms with Crippen molar-refractivity contribution in [3.8, 4) is 5.75 Å². The number of carbonyl (C=O) groups excluding carboxylic acids is 2. The van der Waals surface area contributed by atoms with Crippen molar-refractivity contribution in [2.24, 2.45) is 0 Å². The zero-order valence-electron chi connectivity index (χ0n) is 19.1. The van der Waals surface area contributed by atoms with Crippen LogP contribution in [0.15, 0.2) is 82.2 Å². The van der Waals surface area contributed by atoms with E-state index in [0.717, 1.165) is 27.3 Å². The molecule has 1 N–H and O–H groups in total. The molecule has 0 aliphatic carbocycles. The summed E-state index contributed by atoms with van der Waals surface area (Å²) in [5, 5.41) is 3.24. The van der Waals surface area contributed by atoms with Crippen molar-refractivity contribution in [1.29, 1.82) is 0 Å². The van der Waals surface area contributed by atoms with Crippen LogP contribution in [0.3, 0.4) is 0 Å². The molecule has 168 valence electrons. The summed E-state index contributed by atoms with van der Waals surface area (Å²) in [4.78, 5) is 29.5. The summed E-state index contributed by atoms with van der Waals surface area (Å²) >= 11 is 1.30. The fourth-order valence-electron chi connectivity index (χ4n) is 3.72. The number of carbonyl (C=O) groups is 2. The molecule has 33 heavy (non-hydrogen) atoms. The molecule has 0 atom stereocenters. The molecular formula is C27H26N2O3S. The Bertz CT molecular complexity index is 1210. The minimum absolute atomic E-state index is 0.282. The van der Waals surface area contributed by atoms with Crippen LogP contribution in [0, 0.1) is 20.8 Å². The Kier molecular flexibility index (Phi) is 6.56. The number of hydrogen-bond acceptors (Lipinski definition) is 5. The van der Waals surface area contributed by atoms with Gasteiger partial charge in [-0.15, -0.1) is 0 Å². The standard InChI is InChI=1S/C27H26N2O3S/c1-5-32-22-10-8-21(9-11-22)29-26(30)24(28-20-15-18(3)14-19(4)16-20)25(27(29)31)33-23-12-6-17(2)7-13-23/h6-16,28H,5H2,1-4H3. The normalized spacial score (nSPS) is 13.6. The molecular weight excluding hydrogens is 432 g/mol. The van der Waals surface area contributed by atoms with Gasteiger partial charge in [0.1, 0.15) is 16.4 Å². The smallest absolute Gasteiger partial charge is 0.283 e. The Morgan fingerprint density at radius 1 is 0.818 bits per heavy atom. The molecule has 0 unspecified atom stereocenters. The van der Waals surface area contributed by atoms with Gasteiger partial charge in [0, 0.05) is 10.6 Å². The number of rotatable bonds is 7. The van der Waals surface area contributed by atoms with Crippen LogP contribution in [0.4, 0.5) is 11.4 Å². The lowest BCUT2D eigenvalue weighted by atomic mass is 10.1. The fraction of sp³-hybridized carbons (Fsp3) is 0.185. The lowest BCUT2D eigenvalue weighted by Crippen LogP contribution is -2.32. The van der Waals surface area contributed by atoms with Gasteiger partial charge in [-0.25, -0.2) is 4.90 Å². The molecule has 3 aromatic carbocycles. The van der Waals surface area contributed by atoms with Gasteiger partial charge in [0.25, 0.3) is 11.8 Å². The SMILES string of the molecule is CCOc1ccc(N2C(=O)C(Nc3cc(C)cc(C)c3)=C(Sc3ccc(C)cc3)C2=O)cc1. The van der Waals surface area contributed by atoms with Gasteiger partial charge in [-0.2, -0.15) is 0 Å². The first-order valence-corrected chi connectivity index (χ1v) is 11.6. The summed E-state index contributed by atoms with van der Waals surface area (Å²) in [6.45, 7) is 8.47. The van der Waals surface area contributed by atoms with Crippen LogP contribution in [0.1, 0.15) is 23.6 Å². The van der Waals surface area contributed by atoms with Gasteiger partial charge < -0.3 is 10.1 Å². The maximum absolute atomic E-state index is 13.5. The number of thioether (sulfide) groups is 1. The Hall–Kier alpha value is -3.51. The number of aryl methyl sites for hydroxylation is 3. The molecule has 1 aliphatic rings. The number of nitrogens with one attached hydrogen (secondary N) is 1. The van der Waals surface area contributed by atoms with Crippen LogP contribution in [-0.4, -0.2) is 18.4 Å². The number of imide groups is 1. The Labute approximate surface area is 198 Å². The summed E-state index contributed by atoms with van der Waals surface area (Å²) in [7, 11) is 0. The molecule has 0 fully saturated rings. The lowest BCUT2D eigenvalue weighted by molar-refractivity contribution is -0.120. The topological polar surface area (TPSA) is 58.6 Å². The molecule has 1 aliphatic heterocycles. The number of ether oxygens (including phenoxy) is 1. The minimum atomic E-state index is -0.377. The van der Waals surface area contributed by atoms with Gasteiger partial charge in [0.05, 0.1) is 12.3 Å². The molecule has 4 rings (SSSR count). The highest BCUT2D eigenvalue weighted by molar-refractivity contribution is 8.04. The molecule has 0 saturated heterocycles. The van der Waals surface area contributed by atoms with E-state index in [0.29, 0.717) is 22.9 Å². The van der Waals surface area contributed by atoms with Crippen LogP contribution in [0.2, 0.25) is 0 Å². The second-order valence-corrected chi connectivity index (χ2v) is 9.08. The summed E-state index contributed by atoms with van der Waals surface area (Å²) in [5.74, 6) is -0.0318. The Morgan fingerprint density at radius 3 is 2.06 bits per heavy atom. The average Bonchev–Trinajstić information content (AvgIpc) is 2.99. The van der Waals surface area contributed by atoms with E-state index in [1.54, 1.807) is 24.3 Å². The largest absolute Gasteiger partial charge is 0.494 e. The van der Waals surface area contributed by atoms with Crippen LogP contribution in [0.25, 0.3) is 0 Å². The molecule has 0 saturated carbocycles. The summed E-state index contributed by atoms with van der Waals surface area (Å²) < 4.78 is 5.49. The number of hydrogen-bond donors (Lipinski definition) is 1. The second-order valence-electron chi connectivity index (χ2n) is 7.99. The first-order valence-electron chi connectivity index (χ1n) is 10.8. The van der Waals surface area contributed by atoms with Crippen LogP contribution >= 0.6 is 11.8 Å². The fourth-order valence-corrected chi connectivity index (χ4v) is 4.65. The number of amides is 2. The summed E-state index contributed by atoms with van der Waals surface area (Å²) in [6.07, 6.45) is 0. The van der Waals surface area contributed by atoms with E-state index in [-0.39, 0.29) is 17.5 Å². The average molecular weight is 459 g/mol. The predicted octanol–water partition coefficient (Wildman–Crippen LogP) is 6.00. The third-order valence-electron chi connectivity index (χ3n) is 5.18. The van der Waals surface area contributed by atoms with E-state index < -0.39 is 0 Å². The minimum Gasteiger partial charge on any atom is -0.494 e. The van der Waals surface area contributed by atoms with Crippen LogP contribution in [-0.2, 0) is 9.59 Å². The van der Waals surface area contributed by atoms with E-state index in [1.165, 1.54) is 16.7 Å². The first kappa shape index (κ1) is 22.7. The lowest BCUT2D eigenvalue weighted by Gasteiger charge is -2.16. The molecule has 2 amide bonds. The van der Waals surface area contributed by atoms with Crippen molar-refractivity contribution in [2.45, 2.75) is 32.6 Å². The molecule has 1 heterocycles. The van der Waals surface area contributed by atoms with Crippen molar-refractivity contribution in [1.82, 2.24) is 0 Å². The highest BCUT2D eigenvalue weighted by Crippen LogP contribution is 2.38. The molecule has 0 radical (unpaired) electrons. The summed E-state index contributed by atoms with van der Waals surface area (Å²) in [6, 6.07) is 20.9. The third-order valence-corrected chi connectivity index (χ3v) is 6.27. The van der Waals surface area contributed by atoms with Gasteiger partial charge in [-0.3, -0.25) is 9.59 Å². The zero-order chi connectivity index (χ0) is 23.5. The van der Waals surface area contributed by atoms with Crippen molar-refractivity contribution >= 4 is 35.0 Å². The van der Waals surface area contributed by atoms with Crippen LogP contribution in [0.5, 0.6) is 5.75 Å². The molecule has 0 bridgehead atoms. The summed E-state index contributed by atoms with van der Waals surface area (Å²) in [5.41, 5.74) is 4.85. The molecule has 3 aromatic rings. The van der Waals surface area contributed by atoms with Gasteiger partial charge in [0.15, 0.2) is 0 Å². The zero-order valence-corrected chi connectivity index (χ0v) is 20.0. The Balaban J connectivity index is 1.72. The van der Waals surface area contributed by atoms with Crippen molar-refractivity contribution < 1.29 is 14.3 Å². The van der Waals surface area contributed by atoms with E-state index in [4.69, 9.17) is 4.74 Å². The van der Waals surface area contributed by atoms with Gasteiger partial charge in [-0.1, -0.05) is 35.5 Å². The van der Waals surface area contributed by atoms with E-state index >= 15 is 0 Å². The highest BCUT2D eigenvalue weighted by Gasteiger charge is 2.40.